The van der Waals surface area contributed by atoms with E-state index in [0.29, 0.717) is 18.6 Å². The molecule has 0 amide bonds. The lowest BCUT2D eigenvalue weighted by atomic mass is 9.90. The summed E-state index contributed by atoms with van der Waals surface area (Å²) < 4.78 is 5.30. The lowest BCUT2D eigenvalue weighted by molar-refractivity contribution is 0.0657. The van der Waals surface area contributed by atoms with Crippen molar-refractivity contribution in [2.75, 3.05) is 14.1 Å². The molecule has 19 heavy (non-hydrogen) atoms. The maximum absolute atomic E-state index is 10.8. The molecule has 1 saturated carbocycles. The van der Waals surface area contributed by atoms with Gasteiger partial charge in [-0.25, -0.2) is 4.79 Å². The molecule has 0 spiro atoms. The van der Waals surface area contributed by atoms with Crippen LogP contribution in [-0.4, -0.2) is 42.2 Å². The Labute approximate surface area is 113 Å². The second-order valence-electron chi connectivity index (χ2n) is 5.28. The number of furan rings is 1. The van der Waals surface area contributed by atoms with Crippen molar-refractivity contribution in [3.63, 3.8) is 0 Å². The predicted molar refractivity (Wildman–Crippen MR) is 72.2 cm³/mol. The average Bonchev–Trinajstić information content (AvgIpc) is 2.87. The molecule has 0 saturated heterocycles. The zero-order valence-corrected chi connectivity index (χ0v) is 11.6. The summed E-state index contributed by atoms with van der Waals surface area (Å²) in [5.74, 6) is -0.277. The van der Waals surface area contributed by atoms with Gasteiger partial charge in [0.2, 0.25) is 5.76 Å². The molecule has 106 valence electrons. The lowest BCUT2D eigenvalue weighted by Gasteiger charge is -2.34. The monoisotopic (exact) mass is 266 g/mol. The highest BCUT2D eigenvalue weighted by Crippen LogP contribution is 2.23. The Morgan fingerprint density at radius 1 is 1.42 bits per heavy atom. The van der Waals surface area contributed by atoms with Gasteiger partial charge in [-0.1, -0.05) is 0 Å². The first-order valence-corrected chi connectivity index (χ1v) is 6.79. The summed E-state index contributed by atoms with van der Waals surface area (Å²) >= 11 is 0. The summed E-state index contributed by atoms with van der Waals surface area (Å²) in [7, 11) is 4.10. The van der Waals surface area contributed by atoms with E-state index >= 15 is 0 Å². The van der Waals surface area contributed by atoms with Crippen molar-refractivity contribution in [1.82, 2.24) is 10.2 Å². The summed E-state index contributed by atoms with van der Waals surface area (Å²) in [6, 6.07) is 4.47. The number of aromatic carboxylic acids is 1. The highest BCUT2D eigenvalue weighted by Gasteiger charge is 2.23. The standard InChI is InChI=1S/C14H22N2O3/c1-15-10-3-5-11(6-4-10)16(2)9-12-7-8-13(19-12)14(17)18/h7-8,10-11,15H,3-6,9H2,1-2H3,(H,17,18). The maximum atomic E-state index is 10.8. The van der Waals surface area contributed by atoms with E-state index in [-0.39, 0.29) is 5.76 Å². The normalized spacial score (nSPS) is 23.7. The molecule has 1 fully saturated rings. The summed E-state index contributed by atoms with van der Waals surface area (Å²) in [5.41, 5.74) is 0. The number of rotatable bonds is 5. The van der Waals surface area contributed by atoms with Gasteiger partial charge < -0.3 is 14.8 Å². The minimum atomic E-state index is -1.01. The van der Waals surface area contributed by atoms with Crippen LogP contribution in [0.25, 0.3) is 0 Å². The van der Waals surface area contributed by atoms with Crippen LogP contribution >= 0.6 is 0 Å². The second kappa shape index (κ2) is 6.21. The number of carboxylic acid groups (broad SMARTS) is 1. The first-order valence-electron chi connectivity index (χ1n) is 6.79. The molecule has 1 heterocycles. The summed E-state index contributed by atoms with van der Waals surface area (Å²) in [4.78, 5) is 13.0. The van der Waals surface area contributed by atoms with Crippen LogP contribution in [-0.2, 0) is 6.54 Å². The van der Waals surface area contributed by atoms with Gasteiger partial charge in [-0.15, -0.1) is 0 Å². The minimum Gasteiger partial charge on any atom is -0.475 e. The zero-order valence-electron chi connectivity index (χ0n) is 11.6. The molecule has 0 atom stereocenters. The molecule has 0 aliphatic heterocycles. The van der Waals surface area contributed by atoms with Crippen molar-refractivity contribution < 1.29 is 14.3 Å². The molecule has 0 unspecified atom stereocenters. The average molecular weight is 266 g/mol. The third-order valence-electron chi connectivity index (χ3n) is 4.01. The Balaban J connectivity index is 1.86. The molecular formula is C14H22N2O3. The molecule has 0 radical (unpaired) electrons. The molecule has 1 aromatic rings. The smallest absolute Gasteiger partial charge is 0.371 e. The van der Waals surface area contributed by atoms with Gasteiger partial charge in [0.15, 0.2) is 0 Å². The topological polar surface area (TPSA) is 65.7 Å². The van der Waals surface area contributed by atoms with Crippen LogP contribution in [0.15, 0.2) is 16.5 Å². The van der Waals surface area contributed by atoms with E-state index in [1.165, 1.54) is 31.7 Å². The highest BCUT2D eigenvalue weighted by atomic mass is 16.4. The van der Waals surface area contributed by atoms with E-state index < -0.39 is 5.97 Å². The van der Waals surface area contributed by atoms with Crippen molar-refractivity contribution in [3.05, 3.63) is 23.7 Å². The second-order valence-corrected chi connectivity index (χ2v) is 5.28. The number of carboxylic acids is 1. The van der Waals surface area contributed by atoms with Gasteiger partial charge in [-0.3, -0.25) is 4.90 Å². The van der Waals surface area contributed by atoms with E-state index in [1.807, 2.05) is 7.05 Å². The van der Waals surface area contributed by atoms with Gasteiger partial charge >= 0.3 is 5.97 Å². The number of nitrogens with zero attached hydrogens (tertiary/aromatic N) is 1. The Hall–Kier alpha value is -1.33. The van der Waals surface area contributed by atoms with Crippen LogP contribution in [0.1, 0.15) is 42.0 Å². The molecule has 1 aliphatic carbocycles. The number of hydrogen-bond donors (Lipinski definition) is 2. The van der Waals surface area contributed by atoms with Crippen molar-refractivity contribution in [2.24, 2.45) is 0 Å². The Bertz CT molecular complexity index is 422. The third kappa shape index (κ3) is 3.58. The number of nitrogens with one attached hydrogen (secondary N) is 1. The molecule has 5 heteroatoms. The fourth-order valence-electron chi connectivity index (χ4n) is 2.76. The van der Waals surface area contributed by atoms with Crippen molar-refractivity contribution in [1.29, 1.82) is 0 Å². The molecule has 2 rings (SSSR count). The van der Waals surface area contributed by atoms with Crippen LogP contribution in [0.5, 0.6) is 0 Å². The van der Waals surface area contributed by atoms with Crippen LogP contribution in [0.3, 0.4) is 0 Å². The van der Waals surface area contributed by atoms with Crippen LogP contribution in [0.4, 0.5) is 0 Å². The van der Waals surface area contributed by atoms with E-state index in [1.54, 1.807) is 6.07 Å². The van der Waals surface area contributed by atoms with Gasteiger partial charge in [0, 0.05) is 12.1 Å². The zero-order chi connectivity index (χ0) is 13.8. The molecule has 1 aliphatic rings. The summed E-state index contributed by atoms with van der Waals surface area (Å²) in [6.45, 7) is 0.669. The molecule has 2 N–H and O–H groups in total. The SMILES string of the molecule is CNC1CCC(N(C)Cc2ccc(C(=O)O)o2)CC1. The quantitative estimate of drug-likeness (QED) is 0.852. The maximum Gasteiger partial charge on any atom is 0.371 e. The number of carbonyl (C=O) groups is 1. The lowest BCUT2D eigenvalue weighted by Crippen LogP contribution is -2.39. The largest absolute Gasteiger partial charge is 0.475 e. The summed E-state index contributed by atoms with van der Waals surface area (Å²) in [6.07, 6.45) is 4.75. The van der Waals surface area contributed by atoms with Crippen molar-refractivity contribution in [2.45, 2.75) is 44.3 Å². The van der Waals surface area contributed by atoms with Crippen molar-refractivity contribution >= 4 is 5.97 Å². The Kier molecular flexibility index (Phi) is 4.61. The Morgan fingerprint density at radius 2 is 2.11 bits per heavy atom. The first kappa shape index (κ1) is 14.1. The van der Waals surface area contributed by atoms with Gasteiger partial charge in [0.25, 0.3) is 0 Å². The van der Waals surface area contributed by atoms with E-state index in [9.17, 15) is 4.79 Å². The molecule has 0 bridgehead atoms. The van der Waals surface area contributed by atoms with E-state index in [4.69, 9.17) is 9.52 Å². The fraction of sp³-hybridized carbons (Fsp3) is 0.643. The van der Waals surface area contributed by atoms with Gasteiger partial charge in [0.1, 0.15) is 5.76 Å². The summed E-state index contributed by atoms with van der Waals surface area (Å²) in [5, 5.41) is 12.1. The van der Waals surface area contributed by atoms with Crippen LogP contribution < -0.4 is 5.32 Å². The predicted octanol–water partition coefficient (Wildman–Crippen LogP) is 1.94. The third-order valence-corrected chi connectivity index (χ3v) is 4.01. The molecule has 5 nitrogen and oxygen atoms in total. The van der Waals surface area contributed by atoms with E-state index in [0.717, 1.165) is 5.76 Å². The van der Waals surface area contributed by atoms with Gasteiger partial charge in [-0.2, -0.15) is 0 Å². The van der Waals surface area contributed by atoms with Gasteiger partial charge in [-0.05, 0) is 51.9 Å². The number of hydrogen-bond acceptors (Lipinski definition) is 4. The minimum absolute atomic E-state index is 0.0160. The Morgan fingerprint density at radius 3 is 2.63 bits per heavy atom. The highest BCUT2D eigenvalue weighted by molar-refractivity contribution is 5.84. The van der Waals surface area contributed by atoms with Crippen LogP contribution in [0.2, 0.25) is 0 Å². The fourth-order valence-corrected chi connectivity index (χ4v) is 2.76. The molecule has 1 aromatic heterocycles. The van der Waals surface area contributed by atoms with E-state index in [2.05, 4.69) is 17.3 Å². The molecular weight excluding hydrogens is 244 g/mol. The molecule has 0 aromatic carbocycles. The van der Waals surface area contributed by atoms with Crippen LogP contribution in [0, 0.1) is 0 Å². The first-order chi connectivity index (χ1) is 9.10. The van der Waals surface area contributed by atoms with Crippen molar-refractivity contribution in [3.8, 4) is 0 Å². The van der Waals surface area contributed by atoms with Gasteiger partial charge in [0.05, 0.1) is 6.54 Å².